The van der Waals surface area contributed by atoms with Crippen LogP contribution in [0.25, 0.3) is 0 Å². The van der Waals surface area contributed by atoms with Crippen molar-refractivity contribution in [1.29, 1.82) is 0 Å². The number of carbonyl (C=O) groups is 1. The van der Waals surface area contributed by atoms with Crippen LogP contribution in [0.15, 0.2) is 22.5 Å². The van der Waals surface area contributed by atoms with Crippen LogP contribution in [0.5, 0.6) is 0 Å². The van der Waals surface area contributed by atoms with Gasteiger partial charge in [-0.25, -0.2) is 0 Å². The monoisotopic (exact) mass is 365 g/mol. The molecule has 0 N–H and O–H groups in total. The third kappa shape index (κ3) is 6.36. The zero-order valence-electron chi connectivity index (χ0n) is 10.7. The number of rotatable bonds is 7. The topological polar surface area (TPSA) is 29.5 Å². The molecule has 0 radical (unpaired) electrons. The Morgan fingerprint density at radius 1 is 1.20 bits per heavy atom. The van der Waals surface area contributed by atoms with Crippen LogP contribution in [0.3, 0.4) is 0 Å². The van der Waals surface area contributed by atoms with E-state index in [-0.39, 0.29) is 16.8 Å². The van der Waals surface area contributed by atoms with Gasteiger partial charge in [-0.1, -0.05) is 6.08 Å². The summed E-state index contributed by atoms with van der Waals surface area (Å²) in [5.41, 5.74) is 0. The summed E-state index contributed by atoms with van der Waals surface area (Å²) in [6, 6.07) is 0. The van der Waals surface area contributed by atoms with Crippen molar-refractivity contribution in [2.75, 3.05) is 20.7 Å². The van der Waals surface area contributed by atoms with Gasteiger partial charge in [-0.05, 0) is 28.4 Å². The zero-order chi connectivity index (χ0) is 16.0. The van der Waals surface area contributed by atoms with Crippen molar-refractivity contribution in [2.24, 2.45) is 0 Å². The van der Waals surface area contributed by atoms with Crippen LogP contribution in [0.4, 0.5) is 22.0 Å². The molecule has 20 heavy (non-hydrogen) atoms. The van der Waals surface area contributed by atoms with E-state index in [4.69, 9.17) is 0 Å². The lowest BCUT2D eigenvalue weighted by Gasteiger charge is -2.23. The second kappa shape index (κ2) is 7.61. The molecular formula is C11H13BrF5NO2. The third-order valence-corrected chi connectivity index (χ3v) is 2.49. The Morgan fingerprint density at radius 3 is 2.15 bits per heavy atom. The predicted molar refractivity (Wildman–Crippen MR) is 66.4 cm³/mol. The molecule has 0 heterocycles. The lowest BCUT2D eigenvalue weighted by atomic mass is 10.3. The minimum atomic E-state index is -5.66. The number of hydrogen-bond donors (Lipinski definition) is 0. The molecule has 0 rings (SSSR count). The highest BCUT2D eigenvalue weighted by Gasteiger charge is 2.58. The number of carbonyl (C=O) groups excluding carboxylic acids is 1. The molecular weight excluding hydrogens is 353 g/mol. The average molecular weight is 366 g/mol. The number of ether oxygens (including phenoxy) is 1. The van der Waals surface area contributed by atoms with Gasteiger partial charge in [0, 0.05) is 14.1 Å². The standard InChI is InChI=1S/C11H13BrF5NO2/c1-18(2)9(5-3-4-8(12)6-19)20-7-10(13,14)11(15,16)17/h4-6H,3,7H2,1-2H3/b8-4+,9-5+. The second-order valence-electron chi connectivity index (χ2n) is 3.87. The summed E-state index contributed by atoms with van der Waals surface area (Å²) >= 11 is 2.90. The van der Waals surface area contributed by atoms with Gasteiger partial charge in [-0.15, -0.1) is 0 Å². The van der Waals surface area contributed by atoms with Gasteiger partial charge < -0.3 is 9.64 Å². The summed E-state index contributed by atoms with van der Waals surface area (Å²) in [5.74, 6) is -5.09. The van der Waals surface area contributed by atoms with Crippen LogP contribution in [-0.2, 0) is 9.53 Å². The van der Waals surface area contributed by atoms with E-state index in [1.54, 1.807) is 0 Å². The molecule has 0 atom stereocenters. The molecule has 0 saturated carbocycles. The van der Waals surface area contributed by atoms with Crippen LogP contribution in [0, 0.1) is 0 Å². The summed E-state index contributed by atoms with van der Waals surface area (Å²) in [4.78, 5) is 11.5. The lowest BCUT2D eigenvalue weighted by Crippen LogP contribution is -2.41. The van der Waals surface area contributed by atoms with Gasteiger partial charge >= 0.3 is 12.1 Å². The largest absolute Gasteiger partial charge is 0.473 e. The first kappa shape index (κ1) is 18.9. The Balaban J connectivity index is 4.73. The highest BCUT2D eigenvalue weighted by molar-refractivity contribution is 9.12. The minimum absolute atomic E-state index is 0.129. The molecule has 0 aromatic rings. The highest BCUT2D eigenvalue weighted by Crippen LogP contribution is 2.35. The van der Waals surface area contributed by atoms with Crippen molar-refractivity contribution >= 4 is 22.2 Å². The van der Waals surface area contributed by atoms with Crippen LogP contribution in [0.2, 0.25) is 0 Å². The molecule has 3 nitrogen and oxygen atoms in total. The van der Waals surface area contributed by atoms with Crippen molar-refractivity contribution in [1.82, 2.24) is 4.90 Å². The summed E-state index contributed by atoms with van der Waals surface area (Å²) in [7, 11) is 2.85. The third-order valence-electron chi connectivity index (χ3n) is 1.97. The summed E-state index contributed by atoms with van der Waals surface area (Å²) in [6.45, 7) is -1.81. The molecule has 0 unspecified atom stereocenters. The Labute approximate surface area is 121 Å². The molecule has 116 valence electrons. The van der Waals surface area contributed by atoms with E-state index >= 15 is 0 Å². The molecule has 0 bridgehead atoms. The summed E-state index contributed by atoms with van der Waals surface area (Å²) in [6.07, 6.45) is -2.34. The van der Waals surface area contributed by atoms with Gasteiger partial charge in [0.05, 0.1) is 4.48 Å². The number of hydrogen-bond acceptors (Lipinski definition) is 3. The lowest BCUT2D eigenvalue weighted by molar-refractivity contribution is -0.295. The van der Waals surface area contributed by atoms with E-state index in [2.05, 4.69) is 20.7 Å². The van der Waals surface area contributed by atoms with Gasteiger partial charge in [0.25, 0.3) is 0 Å². The molecule has 0 fully saturated rings. The first-order chi connectivity index (χ1) is 9.01. The highest BCUT2D eigenvalue weighted by atomic mass is 79.9. The maximum atomic E-state index is 12.7. The maximum Gasteiger partial charge on any atom is 0.456 e. The first-order valence-electron chi connectivity index (χ1n) is 5.27. The van der Waals surface area contributed by atoms with Crippen molar-refractivity contribution in [3.63, 3.8) is 0 Å². The fraction of sp³-hybridized carbons (Fsp3) is 0.545. The van der Waals surface area contributed by atoms with Crippen LogP contribution in [-0.4, -0.2) is 44.0 Å². The van der Waals surface area contributed by atoms with E-state index in [1.165, 1.54) is 31.1 Å². The van der Waals surface area contributed by atoms with Crippen LogP contribution >= 0.6 is 15.9 Å². The number of alkyl halides is 5. The van der Waals surface area contributed by atoms with Gasteiger partial charge in [-0.3, -0.25) is 4.79 Å². The quantitative estimate of drug-likeness (QED) is 0.299. The van der Waals surface area contributed by atoms with Crippen molar-refractivity contribution in [3.05, 3.63) is 22.5 Å². The van der Waals surface area contributed by atoms with E-state index < -0.39 is 18.7 Å². The van der Waals surface area contributed by atoms with Crippen molar-refractivity contribution < 1.29 is 31.5 Å². The van der Waals surface area contributed by atoms with Gasteiger partial charge in [0.1, 0.15) is 0 Å². The molecule has 0 aromatic heterocycles. The van der Waals surface area contributed by atoms with Gasteiger partial charge in [-0.2, -0.15) is 22.0 Å². The minimum Gasteiger partial charge on any atom is -0.473 e. The second-order valence-corrected chi connectivity index (χ2v) is 4.79. The SMILES string of the molecule is CN(C)/C(=C\C/C=C(/Br)C=O)OCC(F)(F)C(F)(F)F. The zero-order valence-corrected chi connectivity index (χ0v) is 12.3. The molecule has 0 aromatic carbocycles. The smallest absolute Gasteiger partial charge is 0.456 e. The fourth-order valence-electron chi connectivity index (χ4n) is 0.937. The molecule has 0 spiro atoms. The number of halogens is 6. The first-order valence-corrected chi connectivity index (χ1v) is 6.06. The number of aldehydes is 1. The van der Waals surface area contributed by atoms with E-state index in [0.717, 1.165) is 0 Å². The van der Waals surface area contributed by atoms with E-state index in [9.17, 15) is 26.7 Å². The molecule has 0 aliphatic carbocycles. The molecule has 0 amide bonds. The van der Waals surface area contributed by atoms with E-state index in [1.807, 2.05) is 0 Å². The Bertz CT molecular complexity index is 391. The van der Waals surface area contributed by atoms with Gasteiger partial charge in [0.15, 0.2) is 18.8 Å². The Morgan fingerprint density at radius 2 is 1.75 bits per heavy atom. The normalized spacial score (nSPS) is 14.2. The molecule has 0 aliphatic rings. The number of nitrogens with zero attached hydrogens (tertiary/aromatic N) is 1. The summed E-state index contributed by atoms with van der Waals surface area (Å²) < 4.78 is 66.0. The van der Waals surface area contributed by atoms with Crippen molar-refractivity contribution in [2.45, 2.75) is 18.5 Å². The number of allylic oxidation sites excluding steroid dienone is 3. The van der Waals surface area contributed by atoms with Crippen LogP contribution in [0.1, 0.15) is 6.42 Å². The molecule has 0 aliphatic heterocycles. The van der Waals surface area contributed by atoms with Crippen molar-refractivity contribution in [3.8, 4) is 0 Å². The van der Waals surface area contributed by atoms with Gasteiger partial charge in [0.2, 0.25) is 0 Å². The fourth-order valence-corrected chi connectivity index (χ4v) is 1.12. The average Bonchev–Trinajstić information content (AvgIpc) is 2.31. The maximum absolute atomic E-state index is 12.7. The Hall–Kier alpha value is -1.12. The van der Waals surface area contributed by atoms with E-state index in [0.29, 0.717) is 6.29 Å². The van der Waals surface area contributed by atoms with Crippen LogP contribution < -0.4 is 0 Å². The summed E-state index contributed by atoms with van der Waals surface area (Å²) in [5, 5.41) is 0. The predicted octanol–water partition coefficient (Wildman–Crippen LogP) is 3.47. The molecule has 0 saturated heterocycles. The Kier molecular flexibility index (Phi) is 7.18. The molecule has 9 heteroatoms.